The minimum Gasteiger partial charge on any atom is -0.312 e. The lowest BCUT2D eigenvalue weighted by atomic mass is 10.1. The fourth-order valence-corrected chi connectivity index (χ4v) is 3.67. The monoisotopic (exact) mass is 235 g/mol. The molecule has 2 aliphatic rings. The largest absolute Gasteiger partial charge is 0.312 e. The number of nitrogens with zero attached hydrogens (tertiary/aromatic N) is 2. The number of fused-ring (bicyclic) bond motifs is 1. The number of hydrogen-bond donors (Lipinski definition) is 1. The molecule has 0 amide bonds. The molecule has 86 valence electrons. The van der Waals surface area contributed by atoms with Crippen molar-refractivity contribution in [3.63, 3.8) is 0 Å². The molecule has 1 aromatic heterocycles. The summed E-state index contributed by atoms with van der Waals surface area (Å²) in [5, 5.41) is 3.94. The topological polar surface area (TPSA) is 37.8 Å². The Morgan fingerprint density at radius 1 is 1.38 bits per heavy atom. The number of rotatable bonds is 1. The van der Waals surface area contributed by atoms with Gasteiger partial charge >= 0.3 is 0 Å². The molecule has 0 spiro atoms. The van der Waals surface area contributed by atoms with E-state index < -0.39 is 0 Å². The first-order valence-electron chi connectivity index (χ1n) is 6.03. The summed E-state index contributed by atoms with van der Waals surface area (Å²) in [5.74, 6) is 2.35. The smallest absolute Gasteiger partial charge is 0.141 e. The van der Waals surface area contributed by atoms with Crippen LogP contribution in [0.2, 0.25) is 0 Å². The van der Waals surface area contributed by atoms with E-state index in [1.165, 1.54) is 35.5 Å². The molecule has 0 saturated carbocycles. The molecule has 1 unspecified atom stereocenters. The molecule has 16 heavy (non-hydrogen) atoms. The van der Waals surface area contributed by atoms with Gasteiger partial charge < -0.3 is 5.32 Å². The molecule has 0 aliphatic carbocycles. The number of nitrogens with one attached hydrogen (secondary N) is 1. The van der Waals surface area contributed by atoms with Gasteiger partial charge in [-0.15, -0.1) is 0 Å². The third-order valence-corrected chi connectivity index (χ3v) is 4.75. The summed E-state index contributed by atoms with van der Waals surface area (Å²) < 4.78 is 0. The van der Waals surface area contributed by atoms with Crippen molar-refractivity contribution in [3.05, 3.63) is 22.8 Å². The van der Waals surface area contributed by atoms with Gasteiger partial charge in [0.1, 0.15) is 5.82 Å². The zero-order valence-corrected chi connectivity index (χ0v) is 10.4. The van der Waals surface area contributed by atoms with Crippen LogP contribution in [0.4, 0.5) is 0 Å². The van der Waals surface area contributed by atoms with Gasteiger partial charge in [-0.25, -0.2) is 9.97 Å². The quantitative estimate of drug-likeness (QED) is 0.808. The molecule has 0 aromatic carbocycles. The minimum atomic E-state index is 0.555. The lowest BCUT2D eigenvalue weighted by Crippen LogP contribution is -2.26. The van der Waals surface area contributed by atoms with Crippen LogP contribution in [-0.2, 0) is 13.0 Å². The fourth-order valence-electron chi connectivity index (χ4n) is 2.46. The van der Waals surface area contributed by atoms with Gasteiger partial charge in [0.25, 0.3) is 0 Å². The Kier molecular flexibility index (Phi) is 2.86. The molecule has 1 fully saturated rings. The van der Waals surface area contributed by atoms with Crippen molar-refractivity contribution in [2.45, 2.75) is 38.0 Å². The Bertz CT molecular complexity index is 399. The minimum absolute atomic E-state index is 0.555. The lowest BCUT2D eigenvalue weighted by Gasteiger charge is -2.20. The molecule has 3 nitrogen and oxygen atoms in total. The van der Waals surface area contributed by atoms with Crippen LogP contribution in [-0.4, -0.2) is 22.3 Å². The molecule has 1 saturated heterocycles. The highest BCUT2D eigenvalue weighted by Gasteiger charge is 2.23. The molecule has 1 aromatic rings. The van der Waals surface area contributed by atoms with E-state index in [0.29, 0.717) is 5.25 Å². The van der Waals surface area contributed by atoms with Crippen LogP contribution in [0.3, 0.4) is 0 Å². The van der Waals surface area contributed by atoms with E-state index in [0.717, 1.165) is 25.3 Å². The third kappa shape index (κ3) is 1.84. The molecular weight excluding hydrogens is 218 g/mol. The zero-order chi connectivity index (χ0) is 11.0. The third-order valence-electron chi connectivity index (χ3n) is 3.37. The zero-order valence-electron chi connectivity index (χ0n) is 9.62. The number of thioether (sulfide) groups is 1. The standard InChI is InChI=1S/C12H17N3S/c1-8-9-7-13-5-4-10(9)15-12(14-8)11-3-2-6-16-11/h11,13H,2-7H2,1H3. The summed E-state index contributed by atoms with van der Waals surface area (Å²) in [6.07, 6.45) is 3.63. The summed E-state index contributed by atoms with van der Waals surface area (Å²) in [4.78, 5) is 9.48. The van der Waals surface area contributed by atoms with Crippen molar-refractivity contribution in [2.75, 3.05) is 12.3 Å². The van der Waals surface area contributed by atoms with E-state index in [1.54, 1.807) is 0 Å². The first kappa shape index (κ1) is 10.5. The summed E-state index contributed by atoms with van der Waals surface area (Å²) >= 11 is 2.01. The van der Waals surface area contributed by atoms with Gasteiger partial charge in [-0.1, -0.05) is 0 Å². The Hall–Kier alpha value is -0.610. The SMILES string of the molecule is Cc1nc(C2CCCS2)nc2c1CNCC2. The molecular formula is C12H17N3S. The number of hydrogen-bond acceptors (Lipinski definition) is 4. The van der Waals surface area contributed by atoms with Crippen LogP contribution in [0.25, 0.3) is 0 Å². The summed E-state index contributed by atoms with van der Waals surface area (Å²) in [6.45, 7) is 4.12. The first-order valence-corrected chi connectivity index (χ1v) is 7.08. The maximum atomic E-state index is 4.78. The molecule has 3 rings (SSSR count). The van der Waals surface area contributed by atoms with Gasteiger partial charge in [-0.3, -0.25) is 0 Å². The van der Waals surface area contributed by atoms with Gasteiger partial charge in [0, 0.05) is 30.8 Å². The predicted molar refractivity (Wildman–Crippen MR) is 66.6 cm³/mol. The number of aromatic nitrogens is 2. The highest BCUT2D eigenvalue weighted by Crippen LogP contribution is 2.38. The normalized spacial score (nSPS) is 24.4. The van der Waals surface area contributed by atoms with Crippen molar-refractivity contribution in [2.24, 2.45) is 0 Å². The van der Waals surface area contributed by atoms with E-state index in [9.17, 15) is 0 Å². The van der Waals surface area contributed by atoms with E-state index in [-0.39, 0.29) is 0 Å². The average molecular weight is 235 g/mol. The van der Waals surface area contributed by atoms with E-state index in [2.05, 4.69) is 12.2 Å². The Morgan fingerprint density at radius 2 is 2.31 bits per heavy atom. The Labute approximate surface area is 100 Å². The summed E-state index contributed by atoms with van der Waals surface area (Å²) in [5.41, 5.74) is 3.80. The summed E-state index contributed by atoms with van der Waals surface area (Å²) in [7, 11) is 0. The maximum absolute atomic E-state index is 4.78. The molecule has 0 radical (unpaired) electrons. The molecule has 2 aliphatic heterocycles. The second-order valence-electron chi connectivity index (χ2n) is 4.52. The van der Waals surface area contributed by atoms with Crippen molar-refractivity contribution in [1.29, 1.82) is 0 Å². The van der Waals surface area contributed by atoms with Gasteiger partial charge in [0.2, 0.25) is 0 Å². The van der Waals surface area contributed by atoms with Crippen LogP contribution >= 0.6 is 11.8 Å². The Morgan fingerprint density at radius 3 is 3.12 bits per heavy atom. The summed E-state index contributed by atoms with van der Waals surface area (Å²) in [6, 6.07) is 0. The second kappa shape index (κ2) is 4.34. The number of aryl methyl sites for hydroxylation is 1. The van der Waals surface area contributed by atoms with Crippen molar-refractivity contribution in [1.82, 2.24) is 15.3 Å². The maximum Gasteiger partial charge on any atom is 0.141 e. The lowest BCUT2D eigenvalue weighted by molar-refractivity contribution is 0.611. The van der Waals surface area contributed by atoms with Crippen LogP contribution in [0, 0.1) is 6.92 Å². The molecule has 1 N–H and O–H groups in total. The second-order valence-corrected chi connectivity index (χ2v) is 5.83. The van der Waals surface area contributed by atoms with Gasteiger partial charge in [-0.2, -0.15) is 11.8 Å². The van der Waals surface area contributed by atoms with Crippen LogP contribution in [0.15, 0.2) is 0 Å². The van der Waals surface area contributed by atoms with E-state index >= 15 is 0 Å². The van der Waals surface area contributed by atoms with Crippen LogP contribution < -0.4 is 5.32 Å². The van der Waals surface area contributed by atoms with Gasteiger partial charge in [0.15, 0.2) is 0 Å². The molecule has 0 bridgehead atoms. The van der Waals surface area contributed by atoms with Gasteiger partial charge in [0.05, 0.1) is 10.9 Å². The van der Waals surface area contributed by atoms with Crippen molar-refractivity contribution >= 4 is 11.8 Å². The average Bonchev–Trinajstić information content (AvgIpc) is 2.82. The van der Waals surface area contributed by atoms with Crippen LogP contribution in [0.1, 0.15) is 40.9 Å². The highest BCUT2D eigenvalue weighted by molar-refractivity contribution is 7.99. The Balaban J connectivity index is 1.97. The van der Waals surface area contributed by atoms with Crippen molar-refractivity contribution in [3.8, 4) is 0 Å². The van der Waals surface area contributed by atoms with Crippen LogP contribution in [0.5, 0.6) is 0 Å². The molecule has 4 heteroatoms. The fraction of sp³-hybridized carbons (Fsp3) is 0.667. The molecule has 1 atom stereocenters. The first-order chi connectivity index (χ1) is 7.84. The predicted octanol–water partition coefficient (Wildman–Crippen LogP) is 2.00. The van der Waals surface area contributed by atoms with E-state index in [1.807, 2.05) is 11.8 Å². The van der Waals surface area contributed by atoms with E-state index in [4.69, 9.17) is 9.97 Å². The van der Waals surface area contributed by atoms with Crippen molar-refractivity contribution < 1.29 is 0 Å². The van der Waals surface area contributed by atoms with Gasteiger partial charge in [-0.05, 0) is 25.5 Å². The highest BCUT2D eigenvalue weighted by atomic mass is 32.2. The molecule has 3 heterocycles.